The lowest BCUT2D eigenvalue weighted by molar-refractivity contribution is -0.123. The standard InChI is InChI=1S/C23H27ClN2O3S/c24-19-5-4-6-20(15-19)25-22(27)18-9-11-23(12-10-18)16-26(17-23)13-14-30(28,29)21-7-2-1-3-8-21/h1-8,15,18H,9-14,16-17H2,(H,25,27). The smallest absolute Gasteiger partial charge is 0.227 e. The van der Waals surface area contributed by atoms with Crippen molar-refractivity contribution in [2.75, 3.05) is 30.7 Å². The van der Waals surface area contributed by atoms with Gasteiger partial charge in [0.1, 0.15) is 0 Å². The molecule has 1 spiro atoms. The number of carbonyl (C=O) groups excluding carboxylic acids is 1. The van der Waals surface area contributed by atoms with Crippen molar-refractivity contribution >= 4 is 33.0 Å². The lowest BCUT2D eigenvalue weighted by atomic mass is 9.66. The topological polar surface area (TPSA) is 66.5 Å². The van der Waals surface area contributed by atoms with Gasteiger partial charge in [0.2, 0.25) is 5.91 Å². The number of amides is 1. The second kappa shape index (κ2) is 8.69. The number of halogens is 1. The molecule has 1 saturated carbocycles. The number of hydrogen-bond donors (Lipinski definition) is 1. The van der Waals surface area contributed by atoms with E-state index in [1.807, 2.05) is 18.2 Å². The van der Waals surface area contributed by atoms with Crippen LogP contribution in [0, 0.1) is 11.3 Å². The van der Waals surface area contributed by atoms with Crippen LogP contribution in [0.1, 0.15) is 25.7 Å². The molecule has 2 fully saturated rings. The van der Waals surface area contributed by atoms with Crippen LogP contribution >= 0.6 is 11.6 Å². The SMILES string of the molecule is O=C(Nc1cccc(Cl)c1)C1CCC2(CC1)CN(CCS(=O)(=O)c1ccccc1)C2. The Hall–Kier alpha value is -1.89. The van der Waals surface area contributed by atoms with Gasteiger partial charge in [0.25, 0.3) is 0 Å². The van der Waals surface area contributed by atoms with Gasteiger partial charge in [-0.25, -0.2) is 8.42 Å². The Morgan fingerprint density at radius 2 is 1.77 bits per heavy atom. The molecule has 0 unspecified atom stereocenters. The van der Waals surface area contributed by atoms with Crippen LogP contribution in [0.3, 0.4) is 0 Å². The van der Waals surface area contributed by atoms with Crippen LogP contribution in [0.5, 0.6) is 0 Å². The van der Waals surface area contributed by atoms with Crippen LogP contribution in [0.15, 0.2) is 59.5 Å². The minimum atomic E-state index is -3.23. The van der Waals surface area contributed by atoms with E-state index in [4.69, 9.17) is 11.6 Å². The van der Waals surface area contributed by atoms with E-state index in [1.165, 1.54) is 0 Å². The van der Waals surface area contributed by atoms with Gasteiger partial charge in [-0.05, 0) is 61.4 Å². The van der Waals surface area contributed by atoms with Crippen molar-refractivity contribution in [2.45, 2.75) is 30.6 Å². The van der Waals surface area contributed by atoms with Gasteiger partial charge >= 0.3 is 0 Å². The Kier molecular flexibility index (Phi) is 6.19. The highest BCUT2D eigenvalue weighted by Gasteiger charge is 2.45. The van der Waals surface area contributed by atoms with Crippen molar-refractivity contribution in [3.05, 3.63) is 59.6 Å². The number of carbonyl (C=O) groups is 1. The maximum atomic E-state index is 12.6. The maximum absolute atomic E-state index is 12.6. The van der Waals surface area contributed by atoms with Crippen LogP contribution in [0.25, 0.3) is 0 Å². The second-order valence-electron chi connectivity index (χ2n) is 8.62. The van der Waals surface area contributed by atoms with Crippen LogP contribution in [0.4, 0.5) is 5.69 Å². The summed E-state index contributed by atoms with van der Waals surface area (Å²) in [7, 11) is -3.23. The molecule has 1 N–H and O–H groups in total. The lowest BCUT2D eigenvalue weighted by Crippen LogP contribution is -2.58. The lowest BCUT2D eigenvalue weighted by Gasteiger charge is -2.53. The van der Waals surface area contributed by atoms with Crippen molar-refractivity contribution in [3.63, 3.8) is 0 Å². The number of sulfone groups is 1. The van der Waals surface area contributed by atoms with Crippen LogP contribution in [0.2, 0.25) is 5.02 Å². The number of rotatable bonds is 6. The Morgan fingerprint density at radius 3 is 2.43 bits per heavy atom. The molecule has 1 aliphatic carbocycles. The van der Waals surface area contributed by atoms with E-state index >= 15 is 0 Å². The summed E-state index contributed by atoms with van der Waals surface area (Å²) >= 11 is 5.99. The van der Waals surface area contributed by atoms with Gasteiger partial charge in [0.05, 0.1) is 10.6 Å². The first-order valence-corrected chi connectivity index (χ1v) is 12.4. The Balaban J connectivity index is 1.22. The van der Waals surface area contributed by atoms with Gasteiger partial charge in [0.15, 0.2) is 9.84 Å². The molecule has 7 heteroatoms. The van der Waals surface area contributed by atoms with Gasteiger partial charge in [-0.1, -0.05) is 35.9 Å². The second-order valence-corrected chi connectivity index (χ2v) is 11.2. The van der Waals surface area contributed by atoms with Crippen LogP contribution < -0.4 is 5.32 Å². The van der Waals surface area contributed by atoms with E-state index < -0.39 is 9.84 Å². The Labute approximate surface area is 183 Å². The molecule has 0 atom stereocenters. The first-order chi connectivity index (χ1) is 14.4. The molecule has 1 amide bonds. The fraction of sp³-hybridized carbons (Fsp3) is 0.435. The summed E-state index contributed by atoms with van der Waals surface area (Å²) in [6.45, 7) is 2.43. The van der Waals surface area contributed by atoms with Crippen molar-refractivity contribution in [1.29, 1.82) is 0 Å². The van der Waals surface area contributed by atoms with E-state index in [9.17, 15) is 13.2 Å². The molecule has 2 aliphatic rings. The van der Waals surface area contributed by atoms with Crippen molar-refractivity contribution < 1.29 is 13.2 Å². The van der Waals surface area contributed by atoms with Gasteiger partial charge < -0.3 is 10.2 Å². The minimum Gasteiger partial charge on any atom is -0.326 e. The molecule has 160 valence electrons. The van der Waals surface area contributed by atoms with Crippen LogP contribution in [-0.2, 0) is 14.6 Å². The van der Waals surface area contributed by atoms with Gasteiger partial charge in [-0.2, -0.15) is 0 Å². The molecular weight excluding hydrogens is 420 g/mol. The summed E-state index contributed by atoms with van der Waals surface area (Å²) in [6.07, 6.45) is 3.79. The molecule has 2 aromatic rings. The third-order valence-electron chi connectivity index (χ3n) is 6.41. The monoisotopic (exact) mass is 446 g/mol. The highest BCUT2D eigenvalue weighted by Crippen LogP contribution is 2.45. The van der Waals surface area contributed by atoms with Gasteiger partial charge in [-0.3, -0.25) is 4.79 Å². The number of nitrogens with one attached hydrogen (secondary N) is 1. The number of hydrogen-bond acceptors (Lipinski definition) is 4. The first kappa shape index (κ1) is 21.3. The number of anilines is 1. The van der Waals surface area contributed by atoms with E-state index in [-0.39, 0.29) is 23.0 Å². The highest BCUT2D eigenvalue weighted by atomic mass is 35.5. The zero-order chi connectivity index (χ0) is 21.2. The average Bonchev–Trinajstić information content (AvgIpc) is 2.72. The first-order valence-electron chi connectivity index (χ1n) is 10.4. The van der Waals surface area contributed by atoms with Gasteiger partial charge in [0, 0.05) is 36.3 Å². The summed E-state index contributed by atoms with van der Waals surface area (Å²) in [4.78, 5) is 15.2. The molecule has 0 radical (unpaired) electrons. The quantitative estimate of drug-likeness (QED) is 0.720. The number of benzene rings is 2. The van der Waals surface area contributed by atoms with E-state index in [0.29, 0.717) is 16.5 Å². The largest absolute Gasteiger partial charge is 0.326 e. The molecule has 0 bridgehead atoms. The maximum Gasteiger partial charge on any atom is 0.227 e. The predicted molar refractivity (Wildman–Crippen MR) is 119 cm³/mol. The molecule has 0 aromatic heterocycles. The fourth-order valence-electron chi connectivity index (χ4n) is 4.67. The van der Waals surface area contributed by atoms with E-state index in [1.54, 1.807) is 36.4 Å². The zero-order valence-electron chi connectivity index (χ0n) is 16.9. The molecule has 1 saturated heterocycles. The molecule has 30 heavy (non-hydrogen) atoms. The number of likely N-dealkylation sites (tertiary alicyclic amines) is 1. The average molecular weight is 447 g/mol. The predicted octanol–water partition coefficient (Wildman–Crippen LogP) is 4.24. The summed E-state index contributed by atoms with van der Waals surface area (Å²) in [5, 5.41) is 3.59. The normalized spacial score (nSPS) is 19.4. The zero-order valence-corrected chi connectivity index (χ0v) is 18.5. The molecular formula is C23H27ClN2O3S. The van der Waals surface area contributed by atoms with Crippen molar-refractivity contribution in [2.24, 2.45) is 11.3 Å². The van der Waals surface area contributed by atoms with Gasteiger partial charge in [-0.15, -0.1) is 0 Å². The molecule has 1 heterocycles. The summed E-state index contributed by atoms with van der Waals surface area (Å²) in [5.41, 5.74) is 0.991. The van der Waals surface area contributed by atoms with E-state index in [0.717, 1.165) is 44.5 Å². The molecule has 4 rings (SSSR count). The van der Waals surface area contributed by atoms with Crippen LogP contribution in [-0.4, -0.2) is 44.6 Å². The third-order valence-corrected chi connectivity index (χ3v) is 8.35. The summed E-state index contributed by atoms with van der Waals surface area (Å²) in [6, 6.07) is 15.9. The minimum absolute atomic E-state index is 0.0297. The van der Waals surface area contributed by atoms with Crippen molar-refractivity contribution in [1.82, 2.24) is 4.90 Å². The fourth-order valence-corrected chi connectivity index (χ4v) is 6.17. The third kappa shape index (κ3) is 4.88. The van der Waals surface area contributed by atoms with E-state index in [2.05, 4.69) is 10.2 Å². The molecule has 1 aliphatic heterocycles. The Morgan fingerprint density at radius 1 is 1.07 bits per heavy atom. The Bertz CT molecular complexity index is 994. The molecule has 2 aromatic carbocycles. The summed E-state index contributed by atoms with van der Waals surface area (Å²) in [5.74, 6) is 0.247. The highest BCUT2D eigenvalue weighted by molar-refractivity contribution is 7.91. The molecule has 5 nitrogen and oxygen atoms in total. The van der Waals surface area contributed by atoms with Crippen molar-refractivity contribution in [3.8, 4) is 0 Å². The number of nitrogens with zero attached hydrogens (tertiary/aromatic N) is 1. The summed E-state index contributed by atoms with van der Waals surface area (Å²) < 4.78 is 24.9.